The first-order valence-corrected chi connectivity index (χ1v) is 8.74. The number of hydrogen-bond acceptors (Lipinski definition) is 6. The molecule has 1 N–H and O–H groups in total. The number of aryl methyl sites for hydroxylation is 1. The Morgan fingerprint density at radius 2 is 2.05 bits per heavy atom. The highest BCUT2D eigenvalue weighted by atomic mass is 32.2. The van der Waals surface area contributed by atoms with E-state index >= 15 is 0 Å². The predicted molar refractivity (Wildman–Crippen MR) is 82.6 cm³/mol. The highest BCUT2D eigenvalue weighted by Gasteiger charge is 2.20. The van der Waals surface area contributed by atoms with Crippen LogP contribution in [0.15, 0.2) is 23.1 Å². The highest BCUT2D eigenvalue weighted by Crippen LogP contribution is 2.22. The molecule has 22 heavy (non-hydrogen) atoms. The van der Waals surface area contributed by atoms with Crippen LogP contribution in [0.25, 0.3) is 10.9 Å². The van der Waals surface area contributed by atoms with Crippen LogP contribution in [0.1, 0.15) is 5.69 Å². The smallest absolute Gasteiger partial charge is 0.239 e. The molecule has 116 valence electrons. The molecule has 7 nitrogen and oxygen atoms in total. The Kier molecular flexibility index (Phi) is 3.48. The summed E-state index contributed by atoms with van der Waals surface area (Å²) in [5.41, 5.74) is 1.32. The zero-order valence-electron chi connectivity index (χ0n) is 12.3. The van der Waals surface area contributed by atoms with Gasteiger partial charge in [0, 0.05) is 24.7 Å². The van der Waals surface area contributed by atoms with Gasteiger partial charge in [-0.2, -0.15) is 0 Å². The minimum Gasteiger partial charge on any atom is -0.353 e. The summed E-state index contributed by atoms with van der Waals surface area (Å²) in [6.07, 6.45) is 1.16. The molecule has 1 aromatic carbocycles. The van der Waals surface area contributed by atoms with Crippen molar-refractivity contribution in [2.75, 3.05) is 30.8 Å². The number of nitrogens with one attached hydrogen (secondary N) is 1. The quantitative estimate of drug-likeness (QED) is 0.854. The second-order valence-electron chi connectivity index (χ2n) is 5.33. The lowest BCUT2D eigenvalue weighted by Gasteiger charge is -2.27. The van der Waals surface area contributed by atoms with Gasteiger partial charge in [-0.15, -0.1) is 0 Å². The van der Waals surface area contributed by atoms with Crippen LogP contribution < -0.4 is 10.2 Å². The largest absolute Gasteiger partial charge is 0.353 e. The maximum atomic E-state index is 11.7. The molecular formula is C14H16N4O3S. The number of amides is 1. The minimum atomic E-state index is -3.29. The lowest BCUT2D eigenvalue weighted by molar-refractivity contribution is -0.120. The molecule has 2 heterocycles. The van der Waals surface area contributed by atoms with Crippen LogP contribution >= 0.6 is 0 Å². The average Bonchev–Trinajstić information content (AvgIpc) is 2.45. The number of sulfone groups is 1. The Hall–Kier alpha value is -2.22. The minimum absolute atomic E-state index is 0.0718. The number of benzene rings is 1. The zero-order valence-corrected chi connectivity index (χ0v) is 13.1. The van der Waals surface area contributed by atoms with Gasteiger partial charge in [-0.05, 0) is 25.1 Å². The van der Waals surface area contributed by atoms with Gasteiger partial charge in [-0.3, -0.25) is 4.79 Å². The maximum Gasteiger partial charge on any atom is 0.239 e. The van der Waals surface area contributed by atoms with Gasteiger partial charge in [0.25, 0.3) is 0 Å². The van der Waals surface area contributed by atoms with Crippen LogP contribution in [0.3, 0.4) is 0 Å². The molecule has 0 unspecified atom stereocenters. The Bertz CT molecular complexity index is 864. The van der Waals surface area contributed by atoms with E-state index in [4.69, 9.17) is 0 Å². The van der Waals surface area contributed by atoms with Crippen molar-refractivity contribution in [3.8, 4) is 0 Å². The predicted octanol–water partition coefficient (Wildman–Crippen LogP) is 0.278. The molecule has 0 aliphatic carbocycles. The van der Waals surface area contributed by atoms with Gasteiger partial charge in [0.05, 0.1) is 22.7 Å². The van der Waals surface area contributed by atoms with Gasteiger partial charge >= 0.3 is 0 Å². The van der Waals surface area contributed by atoms with Crippen molar-refractivity contribution in [3.05, 3.63) is 23.9 Å². The van der Waals surface area contributed by atoms with Crippen LogP contribution in [0, 0.1) is 6.92 Å². The zero-order chi connectivity index (χ0) is 15.9. The fraction of sp³-hybridized carbons (Fsp3) is 0.357. The number of carbonyl (C=O) groups excluding carboxylic acids is 1. The Balaban J connectivity index is 2.11. The Morgan fingerprint density at radius 1 is 1.27 bits per heavy atom. The van der Waals surface area contributed by atoms with E-state index in [1.165, 1.54) is 0 Å². The fourth-order valence-corrected chi connectivity index (χ4v) is 3.08. The van der Waals surface area contributed by atoms with Crippen molar-refractivity contribution in [1.29, 1.82) is 0 Å². The van der Waals surface area contributed by atoms with Crippen LogP contribution in [0.2, 0.25) is 0 Å². The van der Waals surface area contributed by atoms with E-state index in [2.05, 4.69) is 15.3 Å². The van der Waals surface area contributed by atoms with Gasteiger partial charge in [-0.1, -0.05) is 0 Å². The van der Waals surface area contributed by atoms with Crippen LogP contribution in [-0.2, 0) is 14.6 Å². The van der Waals surface area contributed by atoms with E-state index in [0.717, 1.165) is 17.3 Å². The van der Waals surface area contributed by atoms with E-state index in [9.17, 15) is 13.2 Å². The van der Waals surface area contributed by atoms with Crippen molar-refractivity contribution in [1.82, 2.24) is 15.3 Å². The van der Waals surface area contributed by atoms with E-state index in [1.54, 1.807) is 23.1 Å². The molecule has 1 aromatic heterocycles. The Morgan fingerprint density at radius 3 is 2.73 bits per heavy atom. The number of hydrogen-bond donors (Lipinski definition) is 1. The number of anilines is 1. The van der Waals surface area contributed by atoms with Gasteiger partial charge < -0.3 is 10.2 Å². The molecular weight excluding hydrogens is 304 g/mol. The monoisotopic (exact) mass is 320 g/mol. The lowest BCUT2D eigenvalue weighted by atomic mass is 10.2. The number of nitrogens with zero attached hydrogens (tertiary/aromatic N) is 3. The topological polar surface area (TPSA) is 92.3 Å². The molecule has 1 aliphatic heterocycles. The standard InChI is InChI=1S/C14H16N4O3S/c1-9-11-4-3-10(22(2,20)21)7-12(11)17-14(16-9)18-6-5-15-13(19)8-18/h3-4,7H,5-6,8H2,1-2H3,(H,15,19). The summed E-state index contributed by atoms with van der Waals surface area (Å²) < 4.78 is 23.4. The molecule has 0 saturated carbocycles. The molecule has 0 spiro atoms. The van der Waals surface area contributed by atoms with Crippen LogP contribution in [-0.4, -0.2) is 50.2 Å². The maximum absolute atomic E-state index is 11.7. The number of rotatable bonds is 2. The van der Waals surface area contributed by atoms with Gasteiger partial charge in [-0.25, -0.2) is 18.4 Å². The summed E-state index contributed by atoms with van der Waals surface area (Å²) >= 11 is 0. The molecule has 0 radical (unpaired) electrons. The number of piperazine rings is 1. The van der Waals surface area contributed by atoms with E-state index in [-0.39, 0.29) is 17.3 Å². The van der Waals surface area contributed by atoms with Crippen LogP contribution in [0.5, 0.6) is 0 Å². The molecule has 3 rings (SSSR count). The molecule has 0 bridgehead atoms. The van der Waals surface area contributed by atoms with Gasteiger partial charge in [0.15, 0.2) is 9.84 Å². The number of fused-ring (bicyclic) bond motifs is 1. The first kappa shape index (κ1) is 14.7. The number of carbonyl (C=O) groups is 1. The summed E-state index contributed by atoms with van der Waals surface area (Å²) in [4.78, 5) is 22.4. The molecule has 1 fully saturated rings. The summed E-state index contributed by atoms with van der Waals surface area (Å²) in [6.45, 7) is 3.22. The van der Waals surface area contributed by atoms with E-state index < -0.39 is 9.84 Å². The third-order valence-electron chi connectivity index (χ3n) is 3.60. The van der Waals surface area contributed by atoms with Crippen LogP contribution in [0.4, 0.5) is 5.95 Å². The van der Waals surface area contributed by atoms with E-state index in [1.807, 2.05) is 6.92 Å². The highest BCUT2D eigenvalue weighted by molar-refractivity contribution is 7.90. The Labute approximate surface area is 128 Å². The van der Waals surface area contributed by atoms with Crippen molar-refractivity contribution in [2.24, 2.45) is 0 Å². The third kappa shape index (κ3) is 2.74. The second-order valence-corrected chi connectivity index (χ2v) is 7.35. The van der Waals surface area contributed by atoms with Gasteiger partial charge in [0.1, 0.15) is 0 Å². The second kappa shape index (κ2) is 5.20. The summed E-state index contributed by atoms with van der Waals surface area (Å²) in [7, 11) is -3.29. The fourth-order valence-electron chi connectivity index (χ4n) is 2.43. The third-order valence-corrected chi connectivity index (χ3v) is 4.71. The van der Waals surface area contributed by atoms with E-state index in [0.29, 0.717) is 24.6 Å². The lowest BCUT2D eigenvalue weighted by Crippen LogP contribution is -2.48. The normalized spacial score (nSPS) is 15.9. The summed E-state index contributed by atoms with van der Waals surface area (Å²) in [5, 5.41) is 3.55. The molecule has 1 saturated heterocycles. The molecule has 1 aliphatic rings. The summed E-state index contributed by atoms with van der Waals surface area (Å²) in [5.74, 6) is 0.378. The van der Waals surface area contributed by atoms with Crippen molar-refractivity contribution < 1.29 is 13.2 Å². The molecule has 2 aromatic rings. The summed E-state index contributed by atoms with van der Waals surface area (Å²) in [6, 6.07) is 4.82. The van der Waals surface area contributed by atoms with Gasteiger partial charge in [0.2, 0.25) is 11.9 Å². The molecule has 0 atom stereocenters. The molecule has 8 heteroatoms. The first-order chi connectivity index (χ1) is 10.3. The average molecular weight is 320 g/mol. The first-order valence-electron chi connectivity index (χ1n) is 6.85. The SMILES string of the molecule is Cc1nc(N2CCNC(=O)C2)nc2cc(S(C)(=O)=O)ccc12. The van der Waals surface area contributed by atoms with Crippen molar-refractivity contribution in [2.45, 2.75) is 11.8 Å². The van der Waals surface area contributed by atoms with Crippen molar-refractivity contribution >= 4 is 32.6 Å². The van der Waals surface area contributed by atoms with Crippen molar-refractivity contribution in [3.63, 3.8) is 0 Å². The number of aromatic nitrogens is 2. The molecule has 1 amide bonds.